The molecule has 2 unspecified atom stereocenters. The minimum atomic E-state index is -2.53. The van der Waals surface area contributed by atoms with Gasteiger partial charge in [-0.3, -0.25) is 9.35 Å². The third kappa shape index (κ3) is 5.63. The van der Waals surface area contributed by atoms with Crippen molar-refractivity contribution in [2.45, 2.75) is 25.3 Å². The molecular weight excluding hydrogens is 532 g/mol. The molecule has 4 aromatic rings. The first kappa shape index (κ1) is 27.2. The third-order valence-electron chi connectivity index (χ3n) is 6.74. The first-order chi connectivity index (χ1) is 19.4. The van der Waals surface area contributed by atoms with Gasteiger partial charge in [-0.2, -0.15) is 0 Å². The van der Waals surface area contributed by atoms with Crippen LogP contribution in [-0.4, -0.2) is 51.4 Å². The summed E-state index contributed by atoms with van der Waals surface area (Å²) >= 11 is -2.53. The molecule has 1 aliphatic rings. The van der Waals surface area contributed by atoms with Crippen molar-refractivity contribution in [3.05, 3.63) is 66.7 Å². The fraction of sp³-hybridized carbons (Fsp3) is 0.250. The molecule has 1 aromatic heterocycles. The number of fused-ring (bicyclic) bond motifs is 1. The number of nitrogens with zero attached hydrogens (tertiary/aromatic N) is 4. The second-order valence-electron chi connectivity index (χ2n) is 9.26. The molecule has 208 valence electrons. The Kier molecular flexibility index (Phi) is 7.99. The molecular formula is C28H30N6O5S. The summed E-state index contributed by atoms with van der Waals surface area (Å²) in [6.07, 6.45) is 2.48. The van der Waals surface area contributed by atoms with Gasteiger partial charge in [0.05, 0.1) is 30.9 Å². The molecule has 1 fully saturated rings. The molecule has 1 aliphatic heterocycles. The van der Waals surface area contributed by atoms with E-state index in [2.05, 4.69) is 5.32 Å². The number of hydrogen-bond donors (Lipinski definition) is 3. The predicted molar refractivity (Wildman–Crippen MR) is 156 cm³/mol. The van der Waals surface area contributed by atoms with Gasteiger partial charge in [0, 0.05) is 36.1 Å². The maximum Gasteiger partial charge on any atom is 0.268 e. The number of para-hydroxylation sites is 2. The van der Waals surface area contributed by atoms with Crippen LogP contribution in [0, 0.1) is 0 Å². The Morgan fingerprint density at radius 1 is 1.02 bits per heavy atom. The summed E-state index contributed by atoms with van der Waals surface area (Å²) in [5.74, 6) is 1.09. The maximum atomic E-state index is 12.9. The first-order valence-corrected chi connectivity index (χ1v) is 13.8. The minimum absolute atomic E-state index is 0.128. The Hall–Kier alpha value is -4.42. The fourth-order valence-electron chi connectivity index (χ4n) is 4.85. The van der Waals surface area contributed by atoms with Crippen molar-refractivity contribution in [3.8, 4) is 11.5 Å². The van der Waals surface area contributed by atoms with Gasteiger partial charge in [0.15, 0.2) is 11.6 Å². The number of benzene rings is 3. The number of methoxy groups -OCH3 is 2. The highest BCUT2D eigenvalue weighted by Crippen LogP contribution is 2.37. The number of carbonyl (C=O) groups excluding carboxylic acids is 1. The first-order valence-electron chi connectivity index (χ1n) is 12.7. The number of amides is 1. The van der Waals surface area contributed by atoms with E-state index in [9.17, 15) is 13.6 Å². The zero-order chi connectivity index (χ0) is 28.2. The summed E-state index contributed by atoms with van der Waals surface area (Å²) in [6.45, 7) is 0.652. The molecule has 4 N–H and O–H groups in total. The Balaban J connectivity index is 1.62. The van der Waals surface area contributed by atoms with Crippen molar-refractivity contribution < 1.29 is 23.0 Å². The van der Waals surface area contributed by atoms with E-state index in [4.69, 9.17) is 25.2 Å². The standard InChI is InChI=1S/C28H30N6O5S/c1-38-21-14-18(15-22(17-21)39-2)30-27-28(32-24-11-4-3-10-23(24)31-27)34(40(36)37)20-9-7-8-19(16-20)33-13-6-5-12-25(33)26(29)35/h3-4,7-11,14-17,25H,5-6,12-13H2,1-2H3,(H2,29,35)(H,30,31)(H,36,37). The summed E-state index contributed by atoms with van der Waals surface area (Å²) in [5, 5.41) is 3.23. The van der Waals surface area contributed by atoms with Gasteiger partial charge in [-0.15, -0.1) is 0 Å². The van der Waals surface area contributed by atoms with Crippen LogP contribution in [0.3, 0.4) is 0 Å². The number of rotatable bonds is 9. The van der Waals surface area contributed by atoms with Gasteiger partial charge in [-0.1, -0.05) is 18.2 Å². The summed E-state index contributed by atoms with van der Waals surface area (Å²) in [5.41, 5.74) is 8.53. The highest BCUT2D eigenvalue weighted by Gasteiger charge is 2.29. The number of anilines is 5. The highest BCUT2D eigenvalue weighted by molar-refractivity contribution is 7.81. The van der Waals surface area contributed by atoms with Gasteiger partial charge in [0.25, 0.3) is 11.3 Å². The van der Waals surface area contributed by atoms with Crippen molar-refractivity contribution in [2.24, 2.45) is 5.73 Å². The van der Waals surface area contributed by atoms with Gasteiger partial charge < -0.3 is 25.4 Å². The van der Waals surface area contributed by atoms with E-state index < -0.39 is 23.2 Å². The van der Waals surface area contributed by atoms with Crippen LogP contribution < -0.4 is 29.7 Å². The van der Waals surface area contributed by atoms with E-state index in [1.807, 2.05) is 29.2 Å². The predicted octanol–water partition coefficient (Wildman–Crippen LogP) is 4.51. The van der Waals surface area contributed by atoms with Crippen LogP contribution >= 0.6 is 0 Å². The number of nitrogens with one attached hydrogen (secondary N) is 1. The molecule has 0 saturated carbocycles. The monoisotopic (exact) mass is 562 g/mol. The average molecular weight is 563 g/mol. The molecule has 0 radical (unpaired) electrons. The van der Waals surface area contributed by atoms with Crippen LogP contribution in [0.5, 0.6) is 11.5 Å². The normalized spacial score (nSPS) is 15.9. The molecule has 40 heavy (non-hydrogen) atoms. The van der Waals surface area contributed by atoms with Gasteiger partial charge in [-0.05, 0) is 49.6 Å². The maximum absolute atomic E-state index is 12.9. The zero-order valence-electron chi connectivity index (χ0n) is 22.1. The van der Waals surface area contributed by atoms with Crippen molar-refractivity contribution in [3.63, 3.8) is 0 Å². The lowest BCUT2D eigenvalue weighted by molar-refractivity contribution is -0.119. The van der Waals surface area contributed by atoms with E-state index in [0.29, 0.717) is 46.9 Å². The molecule has 2 heterocycles. The molecule has 5 rings (SSSR count). The van der Waals surface area contributed by atoms with E-state index in [1.165, 1.54) is 4.31 Å². The lowest BCUT2D eigenvalue weighted by atomic mass is 10.0. The van der Waals surface area contributed by atoms with Gasteiger partial charge in [-0.25, -0.2) is 18.5 Å². The topological polar surface area (TPSA) is 143 Å². The summed E-state index contributed by atoms with van der Waals surface area (Å²) in [6, 6.07) is 19.1. The average Bonchev–Trinajstić information content (AvgIpc) is 2.97. The molecule has 0 aliphatic carbocycles. The molecule has 12 heteroatoms. The fourth-order valence-corrected chi connectivity index (χ4v) is 5.42. The van der Waals surface area contributed by atoms with Gasteiger partial charge in [0.1, 0.15) is 17.5 Å². The van der Waals surface area contributed by atoms with Crippen LogP contribution in [0.15, 0.2) is 66.7 Å². The van der Waals surface area contributed by atoms with E-state index in [0.717, 1.165) is 18.5 Å². The van der Waals surface area contributed by atoms with Gasteiger partial charge in [0.2, 0.25) is 5.91 Å². The third-order valence-corrected chi connectivity index (χ3v) is 7.44. The van der Waals surface area contributed by atoms with Crippen molar-refractivity contribution in [1.29, 1.82) is 0 Å². The number of carbonyl (C=O) groups is 1. The second kappa shape index (κ2) is 11.8. The van der Waals surface area contributed by atoms with Crippen molar-refractivity contribution in [1.82, 2.24) is 9.97 Å². The molecule has 2 atom stereocenters. The number of primary amides is 1. The molecule has 0 bridgehead atoms. The SMILES string of the molecule is COc1cc(Nc2nc3ccccc3nc2N(c2cccc(N3CCCCC3C(N)=O)c2)S(=O)O)cc(OC)c1. The lowest BCUT2D eigenvalue weighted by Crippen LogP contribution is -2.47. The molecule has 0 spiro atoms. The van der Waals surface area contributed by atoms with E-state index >= 15 is 0 Å². The van der Waals surface area contributed by atoms with E-state index in [1.54, 1.807) is 56.7 Å². The summed E-state index contributed by atoms with van der Waals surface area (Å²) in [7, 11) is 3.10. The zero-order valence-corrected chi connectivity index (χ0v) is 22.9. The number of hydrogen-bond acceptors (Lipinski definition) is 8. The number of aromatic nitrogens is 2. The van der Waals surface area contributed by atoms with Crippen LogP contribution in [0.2, 0.25) is 0 Å². The molecule has 1 amide bonds. The van der Waals surface area contributed by atoms with Crippen molar-refractivity contribution >= 4 is 56.9 Å². The smallest absolute Gasteiger partial charge is 0.268 e. The molecule has 3 aromatic carbocycles. The molecule has 11 nitrogen and oxygen atoms in total. The van der Waals surface area contributed by atoms with Crippen LogP contribution in [0.25, 0.3) is 11.0 Å². The minimum Gasteiger partial charge on any atom is -0.497 e. The highest BCUT2D eigenvalue weighted by atomic mass is 32.2. The van der Waals surface area contributed by atoms with E-state index in [-0.39, 0.29) is 11.6 Å². The quantitative estimate of drug-likeness (QED) is 0.251. The van der Waals surface area contributed by atoms with Gasteiger partial charge >= 0.3 is 0 Å². The summed E-state index contributed by atoms with van der Waals surface area (Å²) < 4.78 is 35.5. The Morgan fingerprint density at radius 3 is 2.38 bits per heavy atom. The van der Waals surface area contributed by atoms with Crippen LogP contribution in [0.1, 0.15) is 19.3 Å². The number of piperidine rings is 1. The second-order valence-corrected chi connectivity index (χ2v) is 10.1. The number of nitrogens with two attached hydrogens (primary N) is 1. The number of ether oxygens (including phenoxy) is 2. The Labute approximate surface area is 234 Å². The van der Waals surface area contributed by atoms with Crippen LogP contribution in [-0.2, 0) is 16.1 Å². The largest absolute Gasteiger partial charge is 0.497 e. The Morgan fingerprint density at radius 2 is 1.73 bits per heavy atom. The van der Waals surface area contributed by atoms with Crippen molar-refractivity contribution in [2.75, 3.05) is 35.3 Å². The molecule has 1 saturated heterocycles. The lowest BCUT2D eigenvalue weighted by Gasteiger charge is -2.36. The Bertz CT molecular complexity index is 1550. The van der Waals surface area contributed by atoms with Crippen LogP contribution in [0.4, 0.5) is 28.7 Å². The summed E-state index contributed by atoms with van der Waals surface area (Å²) in [4.78, 5) is 23.6.